The molecule has 0 radical (unpaired) electrons. The highest BCUT2D eigenvalue weighted by atomic mass is 32.2. The van der Waals surface area contributed by atoms with E-state index in [4.69, 9.17) is 9.15 Å². The molecule has 7 nitrogen and oxygen atoms in total. The smallest absolute Gasteiger partial charge is 0.244 e. The van der Waals surface area contributed by atoms with E-state index in [0.29, 0.717) is 5.76 Å². The van der Waals surface area contributed by atoms with Crippen molar-refractivity contribution >= 4 is 15.9 Å². The molecule has 1 heterocycles. The molecule has 0 spiro atoms. The number of carbonyl (C=O) groups excluding carboxylic acids is 1. The molecule has 8 heteroatoms. The summed E-state index contributed by atoms with van der Waals surface area (Å²) in [6.45, 7) is 1.59. The third-order valence-corrected chi connectivity index (χ3v) is 4.49. The van der Waals surface area contributed by atoms with Crippen molar-refractivity contribution in [1.29, 1.82) is 0 Å². The third-order valence-electron chi connectivity index (χ3n) is 3.07. The van der Waals surface area contributed by atoms with Gasteiger partial charge in [-0.3, -0.25) is 4.79 Å². The van der Waals surface area contributed by atoms with Crippen LogP contribution in [-0.4, -0.2) is 28.0 Å². The zero-order valence-electron chi connectivity index (χ0n) is 12.8. The Kier molecular flexibility index (Phi) is 5.41. The molecule has 2 rings (SSSR count). The van der Waals surface area contributed by atoms with Crippen molar-refractivity contribution in [3.05, 3.63) is 47.9 Å². The summed E-state index contributed by atoms with van der Waals surface area (Å²) in [5.41, 5.74) is 0.772. The van der Waals surface area contributed by atoms with Crippen LogP contribution in [0.15, 0.2) is 45.9 Å². The predicted octanol–water partition coefficient (Wildman–Crippen LogP) is 1.19. The van der Waals surface area contributed by atoms with Crippen LogP contribution in [0, 0.1) is 6.92 Å². The number of benzene rings is 1. The number of hydrogen-bond donors (Lipinski definition) is 2. The molecule has 23 heavy (non-hydrogen) atoms. The summed E-state index contributed by atoms with van der Waals surface area (Å²) in [6, 6.07) is 8.22. The topological polar surface area (TPSA) is 97.6 Å². The fourth-order valence-corrected chi connectivity index (χ4v) is 3.13. The van der Waals surface area contributed by atoms with Gasteiger partial charge in [-0.2, -0.15) is 0 Å². The van der Waals surface area contributed by atoms with E-state index in [0.717, 1.165) is 5.56 Å². The van der Waals surface area contributed by atoms with Crippen LogP contribution in [-0.2, 0) is 21.4 Å². The van der Waals surface area contributed by atoms with Gasteiger partial charge in [0.25, 0.3) is 0 Å². The lowest BCUT2D eigenvalue weighted by Crippen LogP contribution is -2.36. The molecular weight excluding hydrogens is 320 g/mol. The summed E-state index contributed by atoms with van der Waals surface area (Å²) >= 11 is 0. The number of aryl methyl sites for hydroxylation is 1. The van der Waals surface area contributed by atoms with Crippen molar-refractivity contribution < 1.29 is 22.4 Å². The van der Waals surface area contributed by atoms with E-state index in [9.17, 15) is 13.2 Å². The second-order valence-electron chi connectivity index (χ2n) is 4.83. The van der Waals surface area contributed by atoms with Gasteiger partial charge in [-0.15, -0.1) is 0 Å². The summed E-state index contributed by atoms with van der Waals surface area (Å²) in [4.78, 5) is 11.7. The van der Waals surface area contributed by atoms with Gasteiger partial charge in [0.15, 0.2) is 0 Å². The van der Waals surface area contributed by atoms with Crippen molar-refractivity contribution in [2.75, 3.05) is 13.7 Å². The highest BCUT2D eigenvalue weighted by Gasteiger charge is 2.20. The molecule has 0 atom stereocenters. The van der Waals surface area contributed by atoms with E-state index >= 15 is 0 Å². The van der Waals surface area contributed by atoms with Crippen molar-refractivity contribution in [1.82, 2.24) is 10.0 Å². The summed E-state index contributed by atoms with van der Waals surface area (Å²) in [6.07, 6.45) is 1.49. The highest BCUT2D eigenvalue weighted by molar-refractivity contribution is 7.89. The van der Waals surface area contributed by atoms with E-state index in [2.05, 4.69) is 10.0 Å². The number of sulfonamides is 1. The first kappa shape index (κ1) is 17.0. The minimum Gasteiger partial charge on any atom is -0.495 e. The Morgan fingerprint density at radius 2 is 2.09 bits per heavy atom. The van der Waals surface area contributed by atoms with Gasteiger partial charge in [0.2, 0.25) is 15.9 Å². The molecule has 2 aromatic rings. The summed E-state index contributed by atoms with van der Waals surface area (Å²) in [7, 11) is -2.46. The fraction of sp³-hybridized carbons (Fsp3) is 0.267. The van der Waals surface area contributed by atoms with Gasteiger partial charge >= 0.3 is 0 Å². The average molecular weight is 338 g/mol. The lowest BCUT2D eigenvalue weighted by Gasteiger charge is -2.11. The minimum absolute atomic E-state index is 0.00108. The number of amides is 1. The van der Waals surface area contributed by atoms with Crippen molar-refractivity contribution in [2.24, 2.45) is 0 Å². The number of furan rings is 1. The van der Waals surface area contributed by atoms with Gasteiger partial charge in [-0.05, 0) is 36.8 Å². The molecule has 1 aromatic carbocycles. The van der Waals surface area contributed by atoms with Crippen LogP contribution < -0.4 is 14.8 Å². The maximum atomic E-state index is 12.3. The number of rotatable bonds is 7. The second kappa shape index (κ2) is 7.30. The molecule has 0 aliphatic heterocycles. The summed E-state index contributed by atoms with van der Waals surface area (Å²) < 4.78 is 37.0. The Morgan fingerprint density at radius 1 is 1.30 bits per heavy atom. The molecule has 1 aromatic heterocycles. The van der Waals surface area contributed by atoms with Gasteiger partial charge in [-0.25, -0.2) is 13.1 Å². The third kappa shape index (κ3) is 4.57. The van der Waals surface area contributed by atoms with Crippen molar-refractivity contribution in [2.45, 2.75) is 18.4 Å². The minimum atomic E-state index is -3.85. The first-order chi connectivity index (χ1) is 10.9. The number of methoxy groups -OCH3 is 1. The predicted molar refractivity (Wildman–Crippen MR) is 83.5 cm³/mol. The van der Waals surface area contributed by atoms with Gasteiger partial charge in [0.05, 0.1) is 26.5 Å². The number of nitrogens with one attached hydrogen (secondary N) is 2. The van der Waals surface area contributed by atoms with E-state index in [-0.39, 0.29) is 23.7 Å². The molecular formula is C15H18N2O5S. The Balaban J connectivity index is 1.98. The molecule has 0 aliphatic carbocycles. The monoisotopic (exact) mass is 338 g/mol. The largest absolute Gasteiger partial charge is 0.495 e. The molecule has 0 aliphatic rings. The summed E-state index contributed by atoms with van der Waals surface area (Å²) in [5, 5.41) is 2.56. The molecule has 2 N–H and O–H groups in total. The first-order valence-corrected chi connectivity index (χ1v) is 8.34. The van der Waals surface area contributed by atoms with Crippen LogP contribution in [0.4, 0.5) is 0 Å². The lowest BCUT2D eigenvalue weighted by atomic mass is 10.2. The van der Waals surface area contributed by atoms with Crippen molar-refractivity contribution in [3.63, 3.8) is 0 Å². The molecule has 124 valence electrons. The number of hydrogen-bond acceptors (Lipinski definition) is 5. The van der Waals surface area contributed by atoms with Gasteiger partial charge < -0.3 is 14.5 Å². The van der Waals surface area contributed by atoms with Crippen LogP contribution in [0.25, 0.3) is 0 Å². The molecule has 0 fully saturated rings. The van der Waals surface area contributed by atoms with Gasteiger partial charge in [-0.1, -0.05) is 6.07 Å². The van der Waals surface area contributed by atoms with Crippen LogP contribution in [0.2, 0.25) is 0 Å². The SMILES string of the molecule is COc1ccc(C)cc1S(=O)(=O)NCC(=O)NCc1ccco1. The van der Waals surface area contributed by atoms with E-state index in [1.807, 2.05) is 0 Å². The van der Waals surface area contributed by atoms with Crippen LogP contribution in [0.1, 0.15) is 11.3 Å². The average Bonchev–Trinajstić information content (AvgIpc) is 3.04. The number of ether oxygens (including phenoxy) is 1. The maximum Gasteiger partial charge on any atom is 0.244 e. The van der Waals surface area contributed by atoms with Gasteiger partial charge in [0, 0.05) is 0 Å². The van der Waals surface area contributed by atoms with E-state index < -0.39 is 15.9 Å². The standard InChI is InChI=1S/C15H18N2O5S/c1-11-5-6-13(21-2)14(8-11)23(19,20)17-10-15(18)16-9-12-4-3-7-22-12/h3-8,17H,9-10H2,1-2H3,(H,16,18). The quantitative estimate of drug-likeness (QED) is 0.790. The number of carbonyl (C=O) groups is 1. The van der Waals surface area contributed by atoms with Crippen molar-refractivity contribution in [3.8, 4) is 5.75 Å². The Bertz CT molecular complexity index is 769. The zero-order chi connectivity index (χ0) is 16.9. The molecule has 0 bridgehead atoms. The van der Waals surface area contributed by atoms with E-state index in [1.165, 1.54) is 19.4 Å². The van der Waals surface area contributed by atoms with Crippen LogP contribution in [0.3, 0.4) is 0 Å². The normalized spacial score (nSPS) is 11.2. The van der Waals surface area contributed by atoms with Crippen LogP contribution >= 0.6 is 0 Å². The molecule has 0 saturated heterocycles. The molecule has 0 saturated carbocycles. The van der Waals surface area contributed by atoms with Crippen LogP contribution in [0.5, 0.6) is 5.75 Å². The zero-order valence-corrected chi connectivity index (χ0v) is 13.6. The van der Waals surface area contributed by atoms with Gasteiger partial charge in [0.1, 0.15) is 16.4 Å². The first-order valence-electron chi connectivity index (χ1n) is 6.86. The highest BCUT2D eigenvalue weighted by Crippen LogP contribution is 2.24. The maximum absolute atomic E-state index is 12.3. The Labute approximate surface area is 134 Å². The second-order valence-corrected chi connectivity index (χ2v) is 6.57. The lowest BCUT2D eigenvalue weighted by molar-refractivity contribution is -0.120. The fourth-order valence-electron chi connectivity index (χ4n) is 1.89. The molecule has 0 unspecified atom stereocenters. The molecule has 1 amide bonds. The van der Waals surface area contributed by atoms with E-state index in [1.54, 1.807) is 31.2 Å². The Hall–Kier alpha value is -2.32. The Morgan fingerprint density at radius 3 is 2.74 bits per heavy atom. The summed E-state index contributed by atoms with van der Waals surface area (Å²) in [5.74, 6) is 0.345.